The Hall–Kier alpha value is -1.36. The lowest BCUT2D eigenvalue weighted by molar-refractivity contribution is -0.138. The van der Waals surface area contributed by atoms with Crippen molar-refractivity contribution in [2.45, 2.75) is 124 Å². The van der Waals surface area contributed by atoms with Crippen molar-refractivity contribution >= 4 is 11.9 Å². The molecule has 0 saturated carbocycles. The van der Waals surface area contributed by atoms with Crippen LogP contribution < -0.4 is 5.73 Å². The second-order valence-electron chi connectivity index (χ2n) is 8.01. The van der Waals surface area contributed by atoms with Crippen molar-refractivity contribution in [3.05, 3.63) is 12.2 Å². The quantitative estimate of drug-likeness (QED) is 0.168. The number of allylic oxidation sites excluding steroid dienone is 1. The summed E-state index contributed by atoms with van der Waals surface area (Å²) in [6.45, 7) is 9.03. The van der Waals surface area contributed by atoms with Crippen molar-refractivity contribution in [2.24, 2.45) is 11.7 Å². The highest BCUT2D eigenvalue weighted by atomic mass is 16.4. The minimum atomic E-state index is -0.891. The Morgan fingerprint density at radius 3 is 1.57 bits per heavy atom. The van der Waals surface area contributed by atoms with Crippen LogP contribution in [0.1, 0.15) is 124 Å². The van der Waals surface area contributed by atoms with E-state index in [2.05, 4.69) is 13.8 Å². The lowest BCUT2D eigenvalue weighted by Crippen LogP contribution is -2.03. The molecule has 0 spiro atoms. The molecule has 4 N–H and O–H groups in total. The smallest absolute Gasteiger partial charge is 0.327 e. The van der Waals surface area contributed by atoms with Gasteiger partial charge in [0.05, 0.1) is 0 Å². The summed E-state index contributed by atoms with van der Waals surface area (Å²) in [5.74, 6) is -1.21. The van der Waals surface area contributed by atoms with E-state index in [1.165, 1.54) is 89.5 Å². The zero-order valence-electron chi connectivity index (χ0n) is 20.3. The lowest BCUT2D eigenvalue weighted by Gasteiger charge is -2.07. The second-order valence-corrected chi connectivity index (χ2v) is 8.01. The predicted molar refractivity (Wildman–Crippen MR) is 129 cm³/mol. The molecule has 30 heavy (non-hydrogen) atoms. The summed E-state index contributed by atoms with van der Waals surface area (Å²) < 4.78 is 0. The molecule has 1 unspecified atom stereocenters. The van der Waals surface area contributed by atoms with Crippen LogP contribution in [0.3, 0.4) is 0 Å². The van der Waals surface area contributed by atoms with Crippen LogP contribution in [0.25, 0.3) is 0 Å². The Bertz CT molecular complexity index is 377. The van der Waals surface area contributed by atoms with Crippen LogP contribution in [-0.2, 0) is 9.59 Å². The molecule has 0 fully saturated rings. The predicted octanol–water partition coefficient (Wildman–Crippen LogP) is 7.19. The molecule has 0 amide bonds. The van der Waals surface area contributed by atoms with E-state index in [0.29, 0.717) is 12.3 Å². The summed E-state index contributed by atoms with van der Waals surface area (Å²) in [7, 11) is 0. The van der Waals surface area contributed by atoms with Gasteiger partial charge in [-0.15, -0.1) is 0 Å². The molecule has 0 bridgehead atoms. The number of unbranched alkanes of at least 4 members (excludes halogenated alkanes) is 11. The van der Waals surface area contributed by atoms with E-state index in [4.69, 9.17) is 15.9 Å². The van der Waals surface area contributed by atoms with Gasteiger partial charge >= 0.3 is 11.9 Å². The van der Waals surface area contributed by atoms with Gasteiger partial charge in [0.1, 0.15) is 0 Å². The molecule has 0 rings (SSSR count). The van der Waals surface area contributed by atoms with E-state index in [-0.39, 0.29) is 0 Å². The summed E-state index contributed by atoms with van der Waals surface area (Å²) in [5, 5.41) is 16.4. The van der Waals surface area contributed by atoms with Gasteiger partial charge in [0.2, 0.25) is 0 Å². The third-order valence-electron chi connectivity index (χ3n) is 4.69. The molecule has 0 aromatic heterocycles. The van der Waals surface area contributed by atoms with Crippen molar-refractivity contribution in [3.63, 3.8) is 0 Å². The van der Waals surface area contributed by atoms with Crippen LogP contribution in [0.15, 0.2) is 12.2 Å². The second kappa shape index (κ2) is 29.8. The maximum Gasteiger partial charge on any atom is 0.327 e. The fraction of sp³-hybridized carbons (Fsp3) is 0.840. The number of rotatable bonds is 17. The first kappa shape index (κ1) is 33.3. The van der Waals surface area contributed by atoms with Crippen molar-refractivity contribution in [1.29, 1.82) is 0 Å². The van der Waals surface area contributed by atoms with Crippen LogP contribution >= 0.6 is 0 Å². The number of carboxylic acids is 2. The number of hydrogen-bond acceptors (Lipinski definition) is 3. The zero-order valence-corrected chi connectivity index (χ0v) is 20.3. The summed E-state index contributed by atoms with van der Waals surface area (Å²) in [6.07, 6.45) is 21.2. The van der Waals surface area contributed by atoms with Crippen molar-refractivity contribution in [3.8, 4) is 0 Å². The molecule has 0 aliphatic rings. The van der Waals surface area contributed by atoms with Crippen LogP contribution in [0.2, 0.25) is 0 Å². The molecule has 0 aliphatic carbocycles. The van der Waals surface area contributed by atoms with E-state index in [9.17, 15) is 9.59 Å². The topological polar surface area (TPSA) is 101 Å². The Morgan fingerprint density at radius 1 is 0.800 bits per heavy atom. The van der Waals surface area contributed by atoms with E-state index < -0.39 is 11.9 Å². The Kier molecular flexibility index (Phi) is 33.1. The van der Waals surface area contributed by atoms with E-state index >= 15 is 0 Å². The highest BCUT2D eigenvalue weighted by Crippen LogP contribution is 2.14. The first-order valence-corrected chi connectivity index (χ1v) is 12.1. The van der Waals surface area contributed by atoms with Crippen molar-refractivity contribution < 1.29 is 19.8 Å². The first-order valence-electron chi connectivity index (χ1n) is 12.1. The molecule has 0 radical (unpaired) electrons. The number of carboxylic acid groups (broad SMARTS) is 2. The van der Waals surface area contributed by atoms with Crippen molar-refractivity contribution in [1.82, 2.24) is 0 Å². The van der Waals surface area contributed by atoms with Gasteiger partial charge in [-0.05, 0) is 25.8 Å². The van der Waals surface area contributed by atoms with E-state index in [0.717, 1.165) is 19.0 Å². The molecule has 0 aromatic carbocycles. The molecule has 5 heteroatoms. The molecule has 180 valence electrons. The fourth-order valence-corrected chi connectivity index (χ4v) is 2.92. The molecule has 0 aliphatic heterocycles. The lowest BCUT2D eigenvalue weighted by atomic mass is 9.99. The highest BCUT2D eigenvalue weighted by Gasteiger charge is 2.06. The molecule has 0 aromatic rings. The average Bonchev–Trinajstić information content (AvgIpc) is 2.67. The Balaban J connectivity index is -0.000000411. The van der Waals surface area contributed by atoms with Gasteiger partial charge < -0.3 is 15.9 Å². The zero-order chi connectivity index (χ0) is 23.5. The largest absolute Gasteiger partial charge is 0.481 e. The minimum Gasteiger partial charge on any atom is -0.481 e. The fourth-order valence-electron chi connectivity index (χ4n) is 2.92. The van der Waals surface area contributed by atoms with Gasteiger partial charge in [-0.25, -0.2) is 4.79 Å². The normalized spacial score (nSPS) is 11.2. The minimum absolute atomic E-state index is 0.329. The number of carbonyl (C=O) groups is 2. The molecular formula is C25H51NO4. The summed E-state index contributed by atoms with van der Waals surface area (Å²) >= 11 is 0. The van der Waals surface area contributed by atoms with Crippen LogP contribution in [0.5, 0.6) is 0 Å². The number of hydrogen-bond donors (Lipinski definition) is 3. The van der Waals surface area contributed by atoms with Gasteiger partial charge in [-0.2, -0.15) is 0 Å². The van der Waals surface area contributed by atoms with Crippen LogP contribution in [-0.4, -0.2) is 28.7 Å². The molecular weight excluding hydrogens is 378 g/mol. The van der Waals surface area contributed by atoms with Crippen LogP contribution in [0, 0.1) is 5.92 Å². The highest BCUT2D eigenvalue weighted by molar-refractivity contribution is 5.79. The number of nitrogens with two attached hydrogens (primary N) is 1. The van der Waals surface area contributed by atoms with Crippen molar-refractivity contribution in [2.75, 3.05) is 6.54 Å². The molecule has 0 saturated heterocycles. The summed E-state index contributed by atoms with van der Waals surface area (Å²) in [5.41, 5.74) is 5.34. The Labute approximate surface area is 186 Å². The summed E-state index contributed by atoms with van der Waals surface area (Å²) in [4.78, 5) is 19.9. The molecule has 0 heterocycles. The maximum atomic E-state index is 10.4. The molecule has 5 nitrogen and oxygen atoms in total. The monoisotopic (exact) mass is 429 g/mol. The third-order valence-corrected chi connectivity index (χ3v) is 4.69. The summed E-state index contributed by atoms with van der Waals surface area (Å²) in [6, 6.07) is 0. The van der Waals surface area contributed by atoms with Gasteiger partial charge in [-0.3, -0.25) is 4.79 Å². The van der Waals surface area contributed by atoms with Crippen LogP contribution in [0.4, 0.5) is 0 Å². The van der Waals surface area contributed by atoms with Gasteiger partial charge in [0.25, 0.3) is 0 Å². The third kappa shape index (κ3) is 41.1. The maximum absolute atomic E-state index is 10.4. The SMILES string of the molecule is C/C=C/C(=O)O.CCCCCCCCCC(C)CC(=O)O.CCCCCCCCN. The van der Waals surface area contributed by atoms with Gasteiger partial charge in [-0.1, -0.05) is 110 Å². The Morgan fingerprint density at radius 2 is 1.23 bits per heavy atom. The average molecular weight is 430 g/mol. The first-order chi connectivity index (χ1) is 14.3. The standard InChI is InChI=1S/C13H26O2.C8H19N.C4H6O2/c1-3-4-5-6-7-8-9-10-12(2)11-13(14)15;1-2-3-4-5-6-7-8-9;1-2-3-4(5)6/h12H,3-11H2,1-2H3,(H,14,15);2-9H2,1H3;2-3H,1H3,(H,5,6)/b;;3-2+. The van der Waals surface area contributed by atoms with E-state index in [1.54, 1.807) is 6.92 Å². The molecule has 1 atom stereocenters. The van der Waals surface area contributed by atoms with E-state index in [1.807, 2.05) is 6.92 Å². The van der Waals surface area contributed by atoms with Gasteiger partial charge in [0.15, 0.2) is 0 Å². The van der Waals surface area contributed by atoms with Gasteiger partial charge in [0, 0.05) is 12.5 Å². The number of aliphatic carboxylic acids is 2.